The highest BCUT2D eigenvalue weighted by Crippen LogP contribution is 2.39. The Kier molecular flexibility index (Phi) is 5.09. The third-order valence-electron chi connectivity index (χ3n) is 4.49. The normalized spacial score (nSPS) is 27.4. The van der Waals surface area contributed by atoms with Gasteiger partial charge < -0.3 is 9.84 Å². The minimum absolute atomic E-state index is 0.165. The number of benzene rings is 1. The van der Waals surface area contributed by atoms with E-state index in [2.05, 4.69) is 6.92 Å². The van der Waals surface area contributed by atoms with Crippen LogP contribution in [0.25, 0.3) is 0 Å². The molecule has 0 radical (unpaired) electrons. The van der Waals surface area contributed by atoms with E-state index >= 15 is 0 Å². The summed E-state index contributed by atoms with van der Waals surface area (Å²) in [6.07, 6.45) is 6.63. The second kappa shape index (κ2) is 6.62. The van der Waals surface area contributed by atoms with Crippen molar-refractivity contribution in [2.45, 2.75) is 71.0 Å². The van der Waals surface area contributed by atoms with Crippen LogP contribution in [0.5, 0.6) is 5.75 Å². The van der Waals surface area contributed by atoms with Crippen molar-refractivity contribution in [3.63, 3.8) is 0 Å². The van der Waals surface area contributed by atoms with Gasteiger partial charge in [-0.25, -0.2) is 0 Å². The molecule has 0 saturated heterocycles. The van der Waals surface area contributed by atoms with E-state index in [0.29, 0.717) is 0 Å². The van der Waals surface area contributed by atoms with Gasteiger partial charge in [0.05, 0.1) is 11.7 Å². The number of ether oxygens (including phenoxy) is 1. The van der Waals surface area contributed by atoms with E-state index in [0.717, 1.165) is 42.9 Å². The van der Waals surface area contributed by atoms with E-state index < -0.39 is 5.60 Å². The average Bonchev–Trinajstić information content (AvgIpc) is 2.61. The Morgan fingerprint density at radius 1 is 1.30 bits per heavy atom. The molecule has 1 aromatic rings. The molecule has 0 aromatic heterocycles. The van der Waals surface area contributed by atoms with Gasteiger partial charge in [0.1, 0.15) is 5.75 Å². The predicted octanol–water partition coefficient (Wildman–Crippen LogP) is 4.65. The average molecular weight is 276 g/mol. The Morgan fingerprint density at radius 2 is 2.10 bits per heavy atom. The summed E-state index contributed by atoms with van der Waals surface area (Å²) in [7, 11) is 0. The van der Waals surface area contributed by atoms with Gasteiger partial charge in [-0.2, -0.15) is 0 Å². The van der Waals surface area contributed by atoms with Crippen molar-refractivity contribution in [3.8, 4) is 5.75 Å². The summed E-state index contributed by atoms with van der Waals surface area (Å²) in [6.45, 7) is 6.31. The molecule has 2 heteroatoms. The molecule has 0 aliphatic heterocycles. The lowest BCUT2D eigenvalue weighted by Gasteiger charge is -2.28. The summed E-state index contributed by atoms with van der Waals surface area (Å²) in [6, 6.07) is 8.03. The minimum atomic E-state index is -0.666. The Labute approximate surface area is 123 Å². The molecule has 2 rings (SSSR count). The van der Waals surface area contributed by atoms with Crippen LogP contribution in [0.3, 0.4) is 0 Å². The van der Waals surface area contributed by atoms with Crippen molar-refractivity contribution in [2.75, 3.05) is 0 Å². The third kappa shape index (κ3) is 3.76. The summed E-state index contributed by atoms with van der Waals surface area (Å²) >= 11 is 0. The summed E-state index contributed by atoms with van der Waals surface area (Å²) in [4.78, 5) is 0. The molecule has 0 spiro atoms. The summed E-state index contributed by atoms with van der Waals surface area (Å²) in [5.74, 6) is 1.64. The van der Waals surface area contributed by atoms with Gasteiger partial charge in [0.15, 0.2) is 0 Å². The van der Waals surface area contributed by atoms with Crippen LogP contribution in [-0.4, -0.2) is 11.2 Å². The van der Waals surface area contributed by atoms with Crippen LogP contribution in [0.1, 0.15) is 64.9 Å². The lowest BCUT2D eigenvalue weighted by atomic mass is 9.86. The van der Waals surface area contributed by atoms with E-state index in [9.17, 15) is 5.11 Å². The van der Waals surface area contributed by atoms with Crippen LogP contribution < -0.4 is 4.74 Å². The van der Waals surface area contributed by atoms with Gasteiger partial charge in [0, 0.05) is 0 Å². The van der Waals surface area contributed by atoms with Crippen molar-refractivity contribution in [2.24, 2.45) is 5.92 Å². The van der Waals surface area contributed by atoms with E-state index in [1.807, 2.05) is 38.1 Å². The van der Waals surface area contributed by atoms with Gasteiger partial charge in [-0.3, -0.25) is 0 Å². The maximum absolute atomic E-state index is 11.0. The Morgan fingerprint density at radius 3 is 2.80 bits per heavy atom. The van der Waals surface area contributed by atoms with Crippen molar-refractivity contribution in [3.05, 3.63) is 29.8 Å². The van der Waals surface area contributed by atoms with Gasteiger partial charge in [0.2, 0.25) is 0 Å². The number of hydrogen-bond donors (Lipinski definition) is 1. The van der Waals surface area contributed by atoms with Crippen LogP contribution in [0.2, 0.25) is 0 Å². The lowest BCUT2D eigenvalue weighted by Crippen LogP contribution is -2.25. The molecule has 0 bridgehead atoms. The van der Waals surface area contributed by atoms with Crippen LogP contribution in [0.4, 0.5) is 0 Å². The third-order valence-corrected chi connectivity index (χ3v) is 4.49. The van der Waals surface area contributed by atoms with Crippen LogP contribution in [0, 0.1) is 5.92 Å². The van der Waals surface area contributed by atoms with Gasteiger partial charge >= 0.3 is 0 Å². The van der Waals surface area contributed by atoms with Crippen molar-refractivity contribution >= 4 is 0 Å². The zero-order valence-electron chi connectivity index (χ0n) is 13.1. The molecule has 1 aromatic carbocycles. The largest absolute Gasteiger partial charge is 0.491 e. The van der Waals surface area contributed by atoms with E-state index in [-0.39, 0.29) is 6.10 Å². The van der Waals surface area contributed by atoms with Gasteiger partial charge in [-0.15, -0.1) is 0 Å². The summed E-state index contributed by atoms with van der Waals surface area (Å²) in [5.41, 5.74) is 0.354. The summed E-state index contributed by atoms with van der Waals surface area (Å²) < 4.78 is 5.75. The zero-order chi connectivity index (χ0) is 14.6. The highest BCUT2D eigenvalue weighted by atomic mass is 16.5. The molecule has 2 unspecified atom stereocenters. The molecular formula is C18H28O2. The second-order valence-corrected chi connectivity index (χ2v) is 6.43. The molecule has 1 aliphatic rings. The van der Waals surface area contributed by atoms with Gasteiger partial charge in [-0.05, 0) is 63.1 Å². The van der Waals surface area contributed by atoms with Crippen LogP contribution >= 0.6 is 0 Å². The molecular weight excluding hydrogens is 248 g/mol. The molecule has 1 saturated carbocycles. The lowest BCUT2D eigenvalue weighted by molar-refractivity contribution is 0.0193. The number of hydrogen-bond acceptors (Lipinski definition) is 2. The molecule has 0 amide bonds. The molecule has 1 fully saturated rings. The Bertz CT molecular complexity index is 427. The van der Waals surface area contributed by atoms with Gasteiger partial charge in [-0.1, -0.05) is 31.9 Å². The topological polar surface area (TPSA) is 29.5 Å². The standard InChI is InChI=1S/C18H28O2/c1-4-15-7-6-11-18(19,12-10-15)16-8-5-9-17(13-16)20-14(2)3/h5,8-9,13-15,19H,4,6-7,10-12H2,1-3H3. The molecule has 1 aliphatic carbocycles. The first-order valence-corrected chi connectivity index (χ1v) is 8.03. The maximum Gasteiger partial charge on any atom is 0.120 e. The molecule has 1 N–H and O–H groups in total. The predicted molar refractivity (Wildman–Crippen MR) is 83.0 cm³/mol. The first-order valence-electron chi connectivity index (χ1n) is 8.03. The SMILES string of the molecule is CCC1CCCC(O)(c2cccc(OC(C)C)c2)CC1. The Hall–Kier alpha value is -1.02. The second-order valence-electron chi connectivity index (χ2n) is 6.43. The quantitative estimate of drug-likeness (QED) is 0.811. The minimum Gasteiger partial charge on any atom is -0.491 e. The molecule has 2 nitrogen and oxygen atoms in total. The van der Waals surface area contributed by atoms with E-state index in [1.165, 1.54) is 12.8 Å². The zero-order valence-corrected chi connectivity index (χ0v) is 13.1. The highest BCUT2D eigenvalue weighted by Gasteiger charge is 2.32. The fraction of sp³-hybridized carbons (Fsp3) is 0.667. The van der Waals surface area contributed by atoms with Crippen molar-refractivity contribution < 1.29 is 9.84 Å². The number of aliphatic hydroxyl groups is 1. The maximum atomic E-state index is 11.0. The van der Waals surface area contributed by atoms with Crippen molar-refractivity contribution in [1.29, 1.82) is 0 Å². The molecule has 0 heterocycles. The molecule has 2 atom stereocenters. The fourth-order valence-corrected chi connectivity index (χ4v) is 3.22. The molecule has 20 heavy (non-hydrogen) atoms. The monoisotopic (exact) mass is 276 g/mol. The van der Waals surface area contributed by atoms with E-state index in [1.54, 1.807) is 0 Å². The first kappa shape index (κ1) is 15.4. The fourth-order valence-electron chi connectivity index (χ4n) is 3.22. The smallest absolute Gasteiger partial charge is 0.120 e. The van der Waals surface area contributed by atoms with Gasteiger partial charge in [0.25, 0.3) is 0 Å². The first-order chi connectivity index (χ1) is 9.53. The number of rotatable bonds is 4. The Balaban J connectivity index is 2.16. The molecule has 112 valence electrons. The summed E-state index contributed by atoms with van der Waals surface area (Å²) in [5, 5.41) is 11.0. The van der Waals surface area contributed by atoms with Crippen LogP contribution in [0.15, 0.2) is 24.3 Å². The van der Waals surface area contributed by atoms with Crippen LogP contribution in [-0.2, 0) is 5.60 Å². The van der Waals surface area contributed by atoms with Crippen molar-refractivity contribution in [1.82, 2.24) is 0 Å². The highest BCUT2D eigenvalue weighted by molar-refractivity contribution is 5.32. The van der Waals surface area contributed by atoms with E-state index in [4.69, 9.17) is 4.74 Å².